The molecule has 0 unspecified atom stereocenters. The molecule has 3 aliphatic rings. The van der Waals surface area contributed by atoms with Crippen LogP contribution in [0.15, 0.2) is 65.3 Å². The lowest BCUT2D eigenvalue weighted by molar-refractivity contribution is -0.151. The zero-order valence-electron chi connectivity index (χ0n) is 19.2. The summed E-state index contributed by atoms with van der Waals surface area (Å²) in [6, 6.07) is 13.1. The van der Waals surface area contributed by atoms with Crippen LogP contribution in [-0.4, -0.2) is 22.9 Å². The maximum atomic E-state index is 13.5. The Kier molecular flexibility index (Phi) is 6.30. The van der Waals surface area contributed by atoms with Crippen LogP contribution in [0.5, 0.6) is 0 Å². The van der Waals surface area contributed by atoms with Gasteiger partial charge in [0, 0.05) is 10.4 Å². The van der Waals surface area contributed by atoms with Gasteiger partial charge in [0.15, 0.2) is 0 Å². The number of carbonyl (C=O) groups is 3. The molecule has 0 aliphatic heterocycles. The summed E-state index contributed by atoms with van der Waals surface area (Å²) in [5, 5.41) is 16.1. The van der Waals surface area contributed by atoms with Crippen LogP contribution in [0.2, 0.25) is 0 Å². The third kappa shape index (κ3) is 4.41. The van der Waals surface area contributed by atoms with E-state index in [-0.39, 0.29) is 30.2 Å². The number of benzene rings is 1. The molecule has 8 heteroatoms. The van der Waals surface area contributed by atoms with E-state index >= 15 is 0 Å². The van der Waals surface area contributed by atoms with Crippen molar-refractivity contribution in [2.75, 3.05) is 5.32 Å². The number of aryl methyl sites for hydroxylation is 1. The van der Waals surface area contributed by atoms with Crippen LogP contribution in [0.25, 0.3) is 11.1 Å². The van der Waals surface area contributed by atoms with E-state index in [0.717, 1.165) is 28.8 Å². The van der Waals surface area contributed by atoms with Gasteiger partial charge in [0.05, 0.1) is 30.2 Å². The first-order valence-corrected chi connectivity index (χ1v) is 12.5. The molecular weight excluding hydrogens is 464 g/mol. The number of carboxylic acid groups (broad SMARTS) is 1. The number of hydrogen-bond acceptors (Lipinski definition) is 5. The molecule has 2 amide bonds. The topological polar surface area (TPSA) is 109 Å². The highest BCUT2D eigenvalue weighted by Crippen LogP contribution is 2.46. The molecule has 3 aliphatic carbocycles. The molecule has 0 saturated heterocycles. The van der Waals surface area contributed by atoms with E-state index < -0.39 is 17.8 Å². The minimum absolute atomic E-state index is 0.119. The van der Waals surface area contributed by atoms with E-state index in [1.165, 1.54) is 11.3 Å². The molecular formula is C27H26N2O5S. The standard InChI is InChI=1S/C27H26N2O5S/c1-15-20(16-6-3-2-4-7-16)23(24(30)28-14-19-8-5-13-34-19)26(35-15)29-25(31)21-17-9-11-18(12-10-17)22(21)27(32)33/h2-9,11,13,17-18,21-22H,10,12,14H2,1H3,(H,28,30)(H,29,31)(H,32,33)/t17-,18+,21+,22+/m1/s1. The number of aliphatic carboxylic acids is 1. The first kappa shape index (κ1) is 23.1. The normalized spacial score (nSPS) is 22.7. The van der Waals surface area contributed by atoms with Crippen molar-refractivity contribution < 1.29 is 23.9 Å². The second kappa shape index (κ2) is 9.54. The van der Waals surface area contributed by atoms with Gasteiger partial charge >= 0.3 is 5.97 Å². The Morgan fingerprint density at radius 3 is 2.37 bits per heavy atom. The van der Waals surface area contributed by atoms with Gasteiger partial charge in [-0.15, -0.1) is 11.3 Å². The molecule has 180 valence electrons. The van der Waals surface area contributed by atoms with Gasteiger partial charge in [0.1, 0.15) is 10.8 Å². The summed E-state index contributed by atoms with van der Waals surface area (Å²) < 4.78 is 5.33. The van der Waals surface area contributed by atoms with E-state index in [4.69, 9.17) is 4.42 Å². The van der Waals surface area contributed by atoms with E-state index in [0.29, 0.717) is 16.3 Å². The second-order valence-electron chi connectivity index (χ2n) is 9.03. The molecule has 3 N–H and O–H groups in total. The number of nitrogens with one attached hydrogen (secondary N) is 2. The summed E-state index contributed by atoms with van der Waals surface area (Å²) >= 11 is 1.33. The van der Waals surface area contributed by atoms with Gasteiger partial charge in [-0.3, -0.25) is 14.4 Å². The molecule has 2 bridgehead atoms. The van der Waals surface area contributed by atoms with Crippen LogP contribution in [0.1, 0.15) is 33.8 Å². The molecule has 7 nitrogen and oxygen atoms in total. The van der Waals surface area contributed by atoms with Crippen molar-refractivity contribution in [1.29, 1.82) is 0 Å². The van der Waals surface area contributed by atoms with Gasteiger partial charge in [-0.05, 0) is 49.3 Å². The van der Waals surface area contributed by atoms with E-state index in [1.807, 2.05) is 49.4 Å². The lowest BCUT2D eigenvalue weighted by atomic mass is 9.62. The molecule has 0 spiro atoms. The number of carbonyl (C=O) groups excluding carboxylic acids is 2. The van der Waals surface area contributed by atoms with Crippen molar-refractivity contribution in [3.05, 3.63) is 77.1 Å². The first-order valence-electron chi connectivity index (χ1n) is 11.7. The number of amides is 2. The predicted octanol–water partition coefficient (Wildman–Crippen LogP) is 5.10. The molecule has 2 aromatic heterocycles. The van der Waals surface area contributed by atoms with Crippen LogP contribution in [0, 0.1) is 30.6 Å². The molecule has 35 heavy (non-hydrogen) atoms. The molecule has 6 rings (SSSR count). The van der Waals surface area contributed by atoms with Crippen molar-refractivity contribution >= 4 is 34.1 Å². The lowest BCUT2D eigenvalue weighted by Gasteiger charge is -2.41. The van der Waals surface area contributed by atoms with Gasteiger partial charge in [-0.1, -0.05) is 42.5 Å². The largest absolute Gasteiger partial charge is 0.481 e. The Labute approximate surface area is 206 Å². The zero-order chi connectivity index (χ0) is 24.5. The number of furan rings is 1. The third-order valence-electron chi connectivity index (χ3n) is 6.95. The van der Waals surface area contributed by atoms with Gasteiger partial charge in [0.2, 0.25) is 5.91 Å². The van der Waals surface area contributed by atoms with Crippen molar-refractivity contribution in [2.45, 2.75) is 26.3 Å². The SMILES string of the molecule is Cc1sc(NC(=O)[C@@H]2[C@@H](C(=O)O)[C@H]3C=C[C@@H]2CC3)c(C(=O)NCc2ccco2)c1-c1ccccc1. The number of anilines is 1. The van der Waals surface area contributed by atoms with Crippen LogP contribution < -0.4 is 10.6 Å². The maximum absolute atomic E-state index is 13.5. The number of carboxylic acids is 1. The minimum Gasteiger partial charge on any atom is -0.481 e. The second-order valence-corrected chi connectivity index (χ2v) is 10.3. The average molecular weight is 491 g/mol. The van der Waals surface area contributed by atoms with E-state index in [9.17, 15) is 19.5 Å². The van der Waals surface area contributed by atoms with Crippen LogP contribution in [0.4, 0.5) is 5.00 Å². The highest BCUT2D eigenvalue weighted by atomic mass is 32.1. The predicted molar refractivity (Wildman–Crippen MR) is 133 cm³/mol. The van der Waals surface area contributed by atoms with Gasteiger partial charge in [-0.25, -0.2) is 0 Å². The summed E-state index contributed by atoms with van der Waals surface area (Å²) in [6.07, 6.45) is 7.02. The van der Waals surface area contributed by atoms with Crippen LogP contribution in [-0.2, 0) is 16.1 Å². The number of hydrogen-bond donors (Lipinski definition) is 3. The monoisotopic (exact) mass is 490 g/mol. The Bertz CT molecular complexity index is 1280. The Balaban J connectivity index is 1.48. The fraction of sp³-hybridized carbons (Fsp3) is 0.296. The van der Waals surface area contributed by atoms with Gasteiger partial charge in [-0.2, -0.15) is 0 Å². The van der Waals surface area contributed by atoms with Crippen molar-refractivity contribution in [2.24, 2.45) is 23.7 Å². The third-order valence-corrected chi connectivity index (χ3v) is 7.97. The summed E-state index contributed by atoms with van der Waals surface area (Å²) in [7, 11) is 0. The van der Waals surface area contributed by atoms with Crippen LogP contribution in [0.3, 0.4) is 0 Å². The average Bonchev–Trinajstić information content (AvgIpc) is 3.50. The zero-order valence-corrected chi connectivity index (χ0v) is 20.0. The Morgan fingerprint density at radius 2 is 1.74 bits per heavy atom. The molecule has 1 aromatic carbocycles. The van der Waals surface area contributed by atoms with Crippen molar-refractivity contribution in [1.82, 2.24) is 5.32 Å². The molecule has 4 atom stereocenters. The number of thiophene rings is 1. The molecule has 3 aromatic rings. The van der Waals surface area contributed by atoms with E-state index in [2.05, 4.69) is 10.6 Å². The number of fused-ring (bicyclic) bond motifs is 2. The summed E-state index contributed by atoms with van der Waals surface area (Å²) in [4.78, 5) is 39.9. The molecule has 2 heterocycles. The number of rotatable bonds is 7. The van der Waals surface area contributed by atoms with Crippen molar-refractivity contribution in [3.63, 3.8) is 0 Å². The Hall–Kier alpha value is -3.65. The van der Waals surface area contributed by atoms with Crippen LogP contribution >= 0.6 is 11.3 Å². The highest BCUT2D eigenvalue weighted by molar-refractivity contribution is 7.17. The number of allylic oxidation sites excluding steroid dienone is 2. The quantitative estimate of drug-likeness (QED) is 0.400. The first-order chi connectivity index (χ1) is 16.9. The maximum Gasteiger partial charge on any atom is 0.307 e. The van der Waals surface area contributed by atoms with Crippen molar-refractivity contribution in [3.8, 4) is 11.1 Å². The fourth-order valence-electron chi connectivity index (χ4n) is 5.35. The van der Waals surface area contributed by atoms with Gasteiger partial charge < -0.3 is 20.2 Å². The smallest absolute Gasteiger partial charge is 0.307 e. The highest BCUT2D eigenvalue weighted by Gasteiger charge is 2.48. The fourth-order valence-corrected chi connectivity index (χ4v) is 6.43. The summed E-state index contributed by atoms with van der Waals surface area (Å²) in [5.74, 6) is -2.71. The molecule has 1 saturated carbocycles. The minimum atomic E-state index is -0.951. The molecule has 1 fully saturated rings. The lowest BCUT2D eigenvalue weighted by Crippen LogP contribution is -2.47. The van der Waals surface area contributed by atoms with E-state index in [1.54, 1.807) is 18.4 Å². The summed E-state index contributed by atoms with van der Waals surface area (Å²) in [5.41, 5.74) is 2.00. The Morgan fingerprint density at radius 1 is 1.03 bits per heavy atom. The van der Waals surface area contributed by atoms with Gasteiger partial charge in [0.25, 0.3) is 5.91 Å². The summed E-state index contributed by atoms with van der Waals surface area (Å²) in [6.45, 7) is 2.12. The molecule has 0 radical (unpaired) electrons.